The summed E-state index contributed by atoms with van der Waals surface area (Å²) in [5.41, 5.74) is 1.19. The highest BCUT2D eigenvalue weighted by molar-refractivity contribution is 7.13. The Morgan fingerprint density at radius 1 is 1.11 bits per heavy atom. The second kappa shape index (κ2) is 7.34. The molecule has 0 radical (unpaired) electrons. The van der Waals surface area contributed by atoms with E-state index in [1.165, 1.54) is 11.3 Å². The Hall–Kier alpha value is -2.36. The van der Waals surface area contributed by atoms with E-state index >= 15 is 0 Å². The molecule has 0 atom stereocenters. The van der Waals surface area contributed by atoms with Gasteiger partial charge < -0.3 is 19.7 Å². The minimum atomic E-state index is -0.492. The number of aromatic nitrogens is 2. The Balaban J connectivity index is 1.36. The van der Waals surface area contributed by atoms with Gasteiger partial charge in [-0.2, -0.15) is 0 Å². The van der Waals surface area contributed by atoms with Gasteiger partial charge >= 0.3 is 0 Å². The molecule has 0 aliphatic carbocycles. The molecule has 2 amide bonds. The highest BCUT2D eigenvalue weighted by Crippen LogP contribution is 2.31. The van der Waals surface area contributed by atoms with Crippen molar-refractivity contribution in [1.82, 2.24) is 15.1 Å². The number of ether oxygens (including phenoxy) is 2. The standard InChI is InChI=1S/C18H20N4O4S/c1-12-20-21-16(27-12)15(23)19-14-4-2-13(3-5-14)17(24)22-8-6-18(7-9-22)25-10-11-26-18/h2-5H,6-11H2,1H3,(H,19,23). The summed E-state index contributed by atoms with van der Waals surface area (Å²) in [6.45, 7) is 4.25. The van der Waals surface area contributed by atoms with Crippen LogP contribution in [0.2, 0.25) is 0 Å². The van der Waals surface area contributed by atoms with Gasteiger partial charge in [0.05, 0.1) is 13.2 Å². The number of rotatable bonds is 3. The van der Waals surface area contributed by atoms with Crippen molar-refractivity contribution < 1.29 is 19.1 Å². The summed E-state index contributed by atoms with van der Waals surface area (Å²) in [4.78, 5) is 26.6. The topological polar surface area (TPSA) is 93.7 Å². The lowest BCUT2D eigenvalue weighted by molar-refractivity contribution is -0.181. The summed E-state index contributed by atoms with van der Waals surface area (Å²) < 4.78 is 11.4. The molecule has 4 rings (SSSR count). The van der Waals surface area contributed by atoms with Gasteiger partial charge in [-0.15, -0.1) is 10.2 Å². The molecule has 27 heavy (non-hydrogen) atoms. The zero-order valence-electron chi connectivity index (χ0n) is 14.9. The van der Waals surface area contributed by atoms with E-state index in [9.17, 15) is 9.59 Å². The normalized spacial score (nSPS) is 18.6. The van der Waals surface area contributed by atoms with Crippen molar-refractivity contribution in [1.29, 1.82) is 0 Å². The number of likely N-dealkylation sites (tertiary alicyclic amines) is 1. The van der Waals surface area contributed by atoms with Crippen molar-refractivity contribution in [3.05, 3.63) is 39.8 Å². The van der Waals surface area contributed by atoms with E-state index in [-0.39, 0.29) is 11.8 Å². The third kappa shape index (κ3) is 3.85. The lowest BCUT2D eigenvalue weighted by Crippen LogP contribution is -2.47. The van der Waals surface area contributed by atoms with Gasteiger partial charge in [-0.25, -0.2) is 0 Å². The number of nitrogens with one attached hydrogen (secondary N) is 1. The summed E-state index contributed by atoms with van der Waals surface area (Å²) >= 11 is 1.23. The fourth-order valence-electron chi connectivity index (χ4n) is 3.29. The van der Waals surface area contributed by atoms with Crippen LogP contribution in [0.5, 0.6) is 0 Å². The Morgan fingerprint density at radius 2 is 1.78 bits per heavy atom. The Kier molecular flexibility index (Phi) is 4.90. The van der Waals surface area contributed by atoms with Crippen molar-refractivity contribution >= 4 is 28.8 Å². The van der Waals surface area contributed by atoms with E-state index in [4.69, 9.17) is 9.47 Å². The lowest BCUT2D eigenvalue weighted by Gasteiger charge is -2.37. The second-order valence-electron chi connectivity index (χ2n) is 6.56. The number of hydrogen-bond acceptors (Lipinski definition) is 7. The predicted molar refractivity (Wildman–Crippen MR) is 98.8 cm³/mol. The fourth-order valence-corrected chi connectivity index (χ4v) is 3.87. The van der Waals surface area contributed by atoms with Gasteiger partial charge in [0.1, 0.15) is 5.01 Å². The molecular weight excluding hydrogens is 368 g/mol. The van der Waals surface area contributed by atoms with Crippen molar-refractivity contribution in [3.8, 4) is 0 Å². The number of anilines is 1. The SMILES string of the molecule is Cc1nnc(C(=O)Nc2ccc(C(=O)N3CCC4(CC3)OCCO4)cc2)s1. The molecular formula is C18H20N4O4S. The molecule has 0 unspecified atom stereocenters. The molecule has 2 aromatic rings. The van der Waals surface area contributed by atoms with Crippen molar-refractivity contribution in [3.63, 3.8) is 0 Å². The van der Waals surface area contributed by atoms with Crippen molar-refractivity contribution in [2.24, 2.45) is 0 Å². The van der Waals surface area contributed by atoms with E-state index in [1.807, 2.05) is 4.90 Å². The first kappa shape index (κ1) is 18.0. The smallest absolute Gasteiger partial charge is 0.286 e. The maximum absolute atomic E-state index is 12.7. The van der Waals surface area contributed by atoms with E-state index in [2.05, 4.69) is 15.5 Å². The summed E-state index contributed by atoms with van der Waals surface area (Å²) in [5.74, 6) is -0.827. The highest BCUT2D eigenvalue weighted by atomic mass is 32.1. The number of carbonyl (C=O) groups excluding carboxylic acids is 2. The number of aryl methyl sites for hydroxylation is 1. The second-order valence-corrected chi connectivity index (χ2v) is 7.74. The molecule has 2 fully saturated rings. The van der Waals surface area contributed by atoms with Crippen LogP contribution in [-0.2, 0) is 9.47 Å². The molecule has 142 valence electrons. The predicted octanol–water partition coefficient (Wildman–Crippen LogP) is 2.08. The maximum atomic E-state index is 12.7. The molecule has 9 heteroatoms. The van der Waals surface area contributed by atoms with Gasteiger partial charge in [0.15, 0.2) is 5.79 Å². The molecule has 1 N–H and O–H groups in total. The molecule has 2 aliphatic heterocycles. The van der Waals surface area contributed by atoms with Crippen LogP contribution in [0.4, 0.5) is 5.69 Å². The largest absolute Gasteiger partial charge is 0.347 e. The lowest BCUT2D eigenvalue weighted by atomic mass is 10.0. The number of carbonyl (C=O) groups is 2. The quantitative estimate of drug-likeness (QED) is 0.865. The first-order valence-electron chi connectivity index (χ1n) is 8.83. The van der Waals surface area contributed by atoms with Gasteiger partial charge in [-0.3, -0.25) is 9.59 Å². The molecule has 1 aromatic heterocycles. The van der Waals surface area contributed by atoms with Crippen LogP contribution in [0.25, 0.3) is 0 Å². The third-order valence-corrected chi connectivity index (χ3v) is 5.57. The van der Waals surface area contributed by atoms with E-state index in [1.54, 1.807) is 31.2 Å². The monoisotopic (exact) mass is 388 g/mol. The van der Waals surface area contributed by atoms with E-state index < -0.39 is 5.79 Å². The van der Waals surface area contributed by atoms with Crippen LogP contribution in [-0.4, -0.2) is 59.0 Å². The number of piperidine rings is 1. The van der Waals surface area contributed by atoms with E-state index in [0.29, 0.717) is 55.4 Å². The van der Waals surface area contributed by atoms with Crippen LogP contribution in [0.1, 0.15) is 38.0 Å². The summed E-state index contributed by atoms with van der Waals surface area (Å²) in [6, 6.07) is 6.87. The number of amides is 2. The fraction of sp³-hybridized carbons (Fsp3) is 0.444. The molecule has 2 aliphatic rings. The molecule has 0 saturated carbocycles. The van der Waals surface area contributed by atoms with Crippen molar-refractivity contribution in [2.75, 3.05) is 31.6 Å². The first-order chi connectivity index (χ1) is 13.0. The summed E-state index contributed by atoms with van der Waals surface area (Å²) in [5, 5.41) is 11.5. The average Bonchev–Trinajstić information content (AvgIpc) is 3.32. The Morgan fingerprint density at radius 3 is 2.37 bits per heavy atom. The third-order valence-electron chi connectivity index (χ3n) is 4.74. The summed E-state index contributed by atoms with van der Waals surface area (Å²) in [7, 11) is 0. The van der Waals surface area contributed by atoms with Crippen LogP contribution >= 0.6 is 11.3 Å². The molecule has 1 spiro atoms. The van der Waals surface area contributed by atoms with Crippen LogP contribution in [0.3, 0.4) is 0 Å². The molecule has 0 bridgehead atoms. The average molecular weight is 388 g/mol. The van der Waals surface area contributed by atoms with Gasteiger partial charge in [0.2, 0.25) is 5.01 Å². The first-order valence-corrected chi connectivity index (χ1v) is 9.65. The summed E-state index contributed by atoms with van der Waals surface area (Å²) in [6.07, 6.45) is 1.38. The van der Waals surface area contributed by atoms with Crippen LogP contribution in [0.15, 0.2) is 24.3 Å². The molecule has 8 nitrogen and oxygen atoms in total. The molecule has 2 saturated heterocycles. The van der Waals surface area contributed by atoms with E-state index in [0.717, 1.165) is 5.01 Å². The highest BCUT2D eigenvalue weighted by Gasteiger charge is 2.40. The zero-order valence-corrected chi connectivity index (χ0v) is 15.8. The van der Waals surface area contributed by atoms with Gasteiger partial charge in [-0.05, 0) is 31.2 Å². The van der Waals surface area contributed by atoms with Gasteiger partial charge in [0, 0.05) is 37.2 Å². The Bertz CT molecular complexity index is 835. The van der Waals surface area contributed by atoms with Crippen LogP contribution < -0.4 is 5.32 Å². The number of hydrogen-bond donors (Lipinski definition) is 1. The van der Waals surface area contributed by atoms with Gasteiger partial charge in [-0.1, -0.05) is 11.3 Å². The van der Waals surface area contributed by atoms with Gasteiger partial charge in [0.25, 0.3) is 11.8 Å². The number of benzene rings is 1. The minimum absolute atomic E-state index is 0.0273. The maximum Gasteiger partial charge on any atom is 0.286 e. The van der Waals surface area contributed by atoms with Crippen molar-refractivity contribution in [2.45, 2.75) is 25.6 Å². The minimum Gasteiger partial charge on any atom is -0.347 e. The molecule has 3 heterocycles. The van der Waals surface area contributed by atoms with Crippen LogP contribution in [0, 0.1) is 6.92 Å². The number of nitrogens with zero attached hydrogens (tertiary/aromatic N) is 3. The molecule has 1 aromatic carbocycles. The Labute approximate surface area is 160 Å². The zero-order chi connectivity index (χ0) is 18.9.